The van der Waals surface area contributed by atoms with Crippen molar-refractivity contribution in [3.05, 3.63) is 29.8 Å². The fraction of sp³-hybridized carbons (Fsp3) is 0.462. The first kappa shape index (κ1) is 9.85. The van der Waals surface area contributed by atoms with Crippen LogP contribution in [0.5, 0.6) is 0 Å². The van der Waals surface area contributed by atoms with E-state index in [4.69, 9.17) is 0 Å². The molecule has 2 heterocycles. The van der Waals surface area contributed by atoms with Gasteiger partial charge < -0.3 is 10.6 Å². The van der Waals surface area contributed by atoms with Crippen LogP contribution in [0.15, 0.2) is 24.3 Å². The number of amides is 1. The summed E-state index contributed by atoms with van der Waals surface area (Å²) in [6.45, 7) is 3.07. The summed E-state index contributed by atoms with van der Waals surface area (Å²) < 4.78 is 0. The molecular weight excluding hydrogens is 200 g/mol. The number of benzene rings is 1. The molecule has 2 aliphatic rings. The Morgan fingerprint density at radius 3 is 3.06 bits per heavy atom. The van der Waals surface area contributed by atoms with E-state index >= 15 is 0 Å². The van der Waals surface area contributed by atoms with Crippen molar-refractivity contribution in [2.75, 3.05) is 11.9 Å². The second-order valence-corrected chi connectivity index (χ2v) is 4.64. The number of carbonyl (C=O) groups is 1. The van der Waals surface area contributed by atoms with Gasteiger partial charge in [0.25, 0.3) is 0 Å². The van der Waals surface area contributed by atoms with Crippen LogP contribution in [0.4, 0.5) is 5.69 Å². The van der Waals surface area contributed by atoms with E-state index in [0.717, 1.165) is 25.1 Å². The molecule has 0 bridgehead atoms. The molecule has 84 valence electrons. The highest BCUT2D eigenvalue weighted by molar-refractivity contribution is 6.07. The van der Waals surface area contributed by atoms with Gasteiger partial charge in [-0.2, -0.15) is 0 Å². The Morgan fingerprint density at radius 2 is 2.25 bits per heavy atom. The first-order valence-corrected chi connectivity index (χ1v) is 5.93. The zero-order chi connectivity index (χ0) is 11.2. The summed E-state index contributed by atoms with van der Waals surface area (Å²) in [4.78, 5) is 12.3. The SMILES string of the molecule is CC[C@@H]1NCC[C@@]12C(=O)Nc1ccccc12. The van der Waals surface area contributed by atoms with Gasteiger partial charge in [-0.25, -0.2) is 0 Å². The van der Waals surface area contributed by atoms with Gasteiger partial charge in [0.15, 0.2) is 0 Å². The third-order valence-corrected chi connectivity index (χ3v) is 3.97. The van der Waals surface area contributed by atoms with E-state index in [2.05, 4.69) is 23.6 Å². The van der Waals surface area contributed by atoms with E-state index in [1.54, 1.807) is 0 Å². The highest BCUT2D eigenvalue weighted by Gasteiger charge is 2.53. The summed E-state index contributed by atoms with van der Waals surface area (Å²) in [5.74, 6) is 0.172. The van der Waals surface area contributed by atoms with E-state index in [-0.39, 0.29) is 17.4 Å². The van der Waals surface area contributed by atoms with Crippen LogP contribution >= 0.6 is 0 Å². The van der Waals surface area contributed by atoms with Crippen LogP contribution in [0, 0.1) is 0 Å². The van der Waals surface area contributed by atoms with E-state index in [1.807, 2.05) is 18.2 Å². The second kappa shape index (κ2) is 3.32. The quantitative estimate of drug-likeness (QED) is 0.749. The number of para-hydroxylation sites is 1. The van der Waals surface area contributed by atoms with Crippen LogP contribution in [0.1, 0.15) is 25.3 Å². The average Bonchev–Trinajstić information content (AvgIpc) is 2.85. The van der Waals surface area contributed by atoms with Gasteiger partial charge in [-0.15, -0.1) is 0 Å². The average molecular weight is 216 g/mol. The van der Waals surface area contributed by atoms with E-state index in [1.165, 1.54) is 5.56 Å². The van der Waals surface area contributed by atoms with Crippen LogP contribution in [-0.4, -0.2) is 18.5 Å². The molecule has 1 saturated heterocycles. The van der Waals surface area contributed by atoms with Crippen LogP contribution in [0.3, 0.4) is 0 Å². The third-order valence-electron chi connectivity index (χ3n) is 3.97. The number of nitrogens with one attached hydrogen (secondary N) is 2. The van der Waals surface area contributed by atoms with Gasteiger partial charge in [0, 0.05) is 11.7 Å². The van der Waals surface area contributed by atoms with Crippen molar-refractivity contribution in [2.24, 2.45) is 0 Å². The molecule has 1 aromatic rings. The second-order valence-electron chi connectivity index (χ2n) is 4.64. The Labute approximate surface area is 95.2 Å². The van der Waals surface area contributed by atoms with E-state index in [0.29, 0.717) is 0 Å². The lowest BCUT2D eigenvalue weighted by Gasteiger charge is -2.28. The molecule has 16 heavy (non-hydrogen) atoms. The summed E-state index contributed by atoms with van der Waals surface area (Å²) in [5.41, 5.74) is 1.86. The molecule has 0 aliphatic carbocycles. The van der Waals surface area contributed by atoms with Gasteiger partial charge in [-0.05, 0) is 31.0 Å². The molecule has 0 unspecified atom stereocenters. The number of anilines is 1. The van der Waals surface area contributed by atoms with Crippen LogP contribution in [0.25, 0.3) is 0 Å². The normalized spacial score (nSPS) is 31.8. The Hall–Kier alpha value is -1.35. The van der Waals surface area contributed by atoms with Gasteiger partial charge in [0.2, 0.25) is 5.91 Å². The molecule has 0 saturated carbocycles. The molecule has 1 fully saturated rings. The van der Waals surface area contributed by atoms with Crippen molar-refractivity contribution in [3.63, 3.8) is 0 Å². The predicted molar refractivity (Wildman–Crippen MR) is 63.4 cm³/mol. The highest BCUT2D eigenvalue weighted by Crippen LogP contribution is 2.45. The molecule has 1 aromatic carbocycles. The van der Waals surface area contributed by atoms with Gasteiger partial charge in [-0.1, -0.05) is 25.1 Å². The van der Waals surface area contributed by atoms with Crippen molar-refractivity contribution in [1.82, 2.24) is 5.32 Å². The van der Waals surface area contributed by atoms with Crippen LogP contribution < -0.4 is 10.6 Å². The predicted octanol–water partition coefficient (Wildman–Crippen LogP) is 1.65. The Kier molecular flexibility index (Phi) is 2.04. The summed E-state index contributed by atoms with van der Waals surface area (Å²) in [5, 5.41) is 6.47. The van der Waals surface area contributed by atoms with Gasteiger partial charge in [0.1, 0.15) is 0 Å². The zero-order valence-electron chi connectivity index (χ0n) is 9.42. The molecule has 3 rings (SSSR count). The minimum atomic E-state index is -0.314. The molecule has 2 aliphatic heterocycles. The number of fused-ring (bicyclic) bond motifs is 2. The van der Waals surface area contributed by atoms with Crippen molar-refractivity contribution in [1.29, 1.82) is 0 Å². The summed E-state index contributed by atoms with van der Waals surface area (Å²) in [6.07, 6.45) is 1.90. The molecule has 2 N–H and O–H groups in total. The summed E-state index contributed by atoms with van der Waals surface area (Å²) in [7, 11) is 0. The van der Waals surface area contributed by atoms with Crippen LogP contribution in [0.2, 0.25) is 0 Å². The lowest BCUT2D eigenvalue weighted by molar-refractivity contribution is -0.121. The summed E-state index contributed by atoms with van der Waals surface area (Å²) >= 11 is 0. The smallest absolute Gasteiger partial charge is 0.236 e. The van der Waals surface area contributed by atoms with Gasteiger partial charge in [0.05, 0.1) is 5.41 Å². The van der Waals surface area contributed by atoms with Crippen molar-refractivity contribution >= 4 is 11.6 Å². The molecular formula is C13H16N2O. The zero-order valence-corrected chi connectivity index (χ0v) is 9.42. The number of rotatable bonds is 1. The molecule has 0 radical (unpaired) electrons. The fourth-order valence-corrected chi connectivity index (χ4v) is 3.22. The Bertz CT molecular complexity index is 443. The van der Waals surface area contributed by atoms with E-state index < -0.39 is 0 Å². The largest absolute Gasteiger partial charge is 0.325 e. The lowest BCUT2D eigenvalue weighted by atomic mass is 9.74. The van der Waals surface area contributed by atoms with E-state index in [9.17, 15) is 4.79 Å². The minimum Gasteiger partial charge on any atom is -0.325 e. The fourth-order valence-electron chi connectivity index (χ4n) is 3.22. The maximum absolute atomic E-state index is 12.3. The third kappa shape index (κ3) is 1.04. The molecule has 3 heteroatoms. The number of hydrogen-bond acceptors (Lipinski definition) is 2. The number of carbonyl (C=O) groups excluding carboxylic acids is 1. The first-order chi connectivity index (χ1) is 7.79. The Morgan fingerprint density at radius 1 is 1.44 bits per heavy atom. The molecule has 2 atom stereocenters. The maximum atomic E-state index is 12.3. The summed E-state index contributed by atoms with van der Waals surface area (Å²) in [6, 6.07) is 8.35. The van der Waals surface area contributed by atoms with Crippen molar-refractivity contribution in [2.45, 2.75) is 31.2 Å². The monoisotopic (exact) mass is 216 g/mol. The topological polar surface area (TPSA) is 41.1 Å². The number of hydrogen-bond donors (Lipinski definition) is 2. The molecule has 1 amide bonds. The minimum absolute atomic E-state index is 0.172. The molecule has 1 spiro atoms. The van der Waals surface area contributed by atoms with Crippen molar-refractivity contribution in [3.8, 4) is 0 Å². The van der Waals surface area contributed by atoms with Gasteiger partial charge >= 0.3 is 0 Å². The Balaban J connectivity index is 2.17. The lowest BCUT2D eigenvalue weighted by Crippen LogP contribution is -2.45. The standard InChI is InChI=1S/C13H16N2O/c1-2-11-13(7-8-14-11)9-5-3-4-6-10(9)15-12(13)16/h3-6,11,14H,2,7-8H2,1H3,(H,15,16)/t11-,13-/m0/s1. The van der Waals surface area contributed by atoms with Crippen LogP contribution in [-0.2, 0) is 10.2 Å². The maximum Gasteiger partial charge on any atom is 0.236 e. The first-order valence-electron chi connectivity index (χ1n) is 5.93. The molecule has 3 nitrogen and oxygen atoms in total. The molecule has 0 aromatic heterocycles. The van der Waals surface area contributed by atoms with Crippen molar-refractivity contribution < 1.29 is 4.79 Å². The highest BCUT2D eigenvalue weighted by atomic mass is 16.2. The van der Waals surface area contributed by atoms with Gasteiger partial charge in [-0.3, -0.25) is 4.79 Å².